The Hall–Kier alpha value is -3.21. The van der Waals surface area contributed by atoms with Crippen LogP contribution in [0.2, 0.25) is 5.02 Å². The summed E-state index contributed by atoms with van der Waals surface area (Å²) in [7, 11) is 0. The lowest BCUT2D eigenvalue weighted by atomic mass is 9.78. The number of aromatic nitrogens is 1. The van der Waals surface area contributed by atoms with Gasteiger partial charge in [-0.3, -0.25) is 14.9 Å². The zero-order valence-electron chi connectivity index (χ0n) is 19.9. The van der Waals surface area contributed by atoms with Crippen molar-refractivity contribution in [2.75, 3.05) is 31.6 Å². The molecule has 3 aromatic rings. The highest BCUT2D eigenvalue weighted by atomic mass is 35.5. The molecule has 0 atom stereocenters. The number of fused-ring (bicyclic) bond motifs is 1. The molecule has 4 N–H and O–H groups in total. The van der Waals surface area contributed by atoms with E-state index < -0.39 is 11.5 Å². The molecule has 2 heterocycles. The van der Waals surface area contributed by atoms with E-state index in [1.807, 2.05) is 43.3 Å². The molecule has 1 aliphatic heterocycles. The number of likely N-dealkylation sites (tertiary alicyclic amines) is 1. The number of halogens is 1. The molecule has 0 bridgehead atoms. The van der Waals surface area contributed by atoms with Crippen LogP contribution in [0.5, 0.6) is 0 Å². The van der Waals surface area contributed by atoms with Crippen molar-refractivity contribution in [1.29, 1.82) is 0 Å². The number of aryl methyl sites for hydroxylation is 1. The van der Waals surface area contributed by atoms with E-state index in [-0.39, 0.29) is 31.5 Å². The number of nitrogens with zero attached hydrogens (tertiary/aromatic N) is 2. The molecule has 11 heteroatoms. The molecule has 1 fully saturated rings. The fraction of sp³-hybridized carbons (Fsp3) is 0.360. The van der Waals surface area contributed by atoms with Crippen molar-refractivity contribution in [3.05, 3.63) is 58.6 Å². The van der Waals surface area contributed by atoms with Crippen LogP contribution in [-0.2, 0) is 20.9 Å². The highest BCUT2D eigenvalue weighted by Crippen LogP contribution is 2.33. The van der Waals surface area contributed by atoms with Crippen LogP contribution < -0.4 is 16.4 Å². The van der Waals surface area contributed by atoms with Gasteiger partial charge in [0, 0.05) is 24.7 Å². The van der Waals surface area contributed by atoms with Crippen LogP contribution in [-0.4, -0.2) is 54.0 Å². The Morgan fingerprint density at radius 2 is 1.92 bits per heavy atom. The first kappa shape index (κ1) is 25.9. The van der Waals surface area contributed by atoms with Crippen molar-refractivity contribution < 1.29 is 19.1 Å². The summed E-state index contributed by atoms with van der Waals surface area (Å²) < 4.78 is 6.49. The molecule has 36 heavy (non-hydrogen) atoms. The molecular weight excluding hydrogens is 502 g/mol. The number of carbonyl (C=O) groups is 3. The average molecular weight is 530 g/mol. The minimum atomic E-state index is -0.992. The van der Waals surface area contributed by atoms with Crippen LogP contribution in [0.4, 0.5) is 9.93 Å². The van der Waals surface area contributed by atoms with E-state index in [9.17, 15) is 14.4 Å². The number of ether oxygens (including phenoxy) is 1. The van der Waals surface area contributed by atoms with Crippen molar-refractivity contribution in [2.24, 2.45) is 11.1 Å². The molecule has 2 aromatic carbocycles. The fourth-order valence-electron chi connectivity index (χ4n) is 4.22. The molecule has 1 aromatic heterocycles. The Kier molecular flexibility index (Phi) is 8.07. The number of anilines is 1. The van der Waals surface area contributed by atoms with Gasteiger partial charge < -0.3 is 20.7 Å². The third-order valence-corrected chi connectivity index (χ3v) is 7.74. The molecule has 0 radical (unpaired) electrons. The number of rotatable bonds is 7. The van der Waals surface area contributed by atoms with Crippen LogP contribution in [0.1, 0.15) is 24.0 Å². The van der Waals surface area contributed by atoms with Gasteiger partial charge in [0.1, 0.15) is 6.61 Å². The number of carbonyl (C=O) groups excluding carboxylic acids is 3. The summed E-state index contributed by atoms with van der Waals surface area (Å²) in [5.74, 6) is -0.435. The largest absolute Gasteiger partial charge is 0.448 e. The van der Waals surface area contributed by atoms with Gasteiger partial charge in [0.05, 0.1) is 22.2 Å². The van der Waals surface area contributed by atoms with Crippen LogP contribution in [0.3, 0.4) is 0 Å². The maximum atomic E-state index is 13.4. The molecule has 190 valence electrons. The van der Waals surface area contributed by atoms with Gasteiger partial charge in [-0.05, 0) is 43.0 Å². The van der Waals surface area contributed by atoms with Crippen molar-refractivity contribution >= 4 is 56.2 Å². The van der Waals surface area contributed by atoms with Crippen LogP contribution in [0.25, 0.3) is 10.2 Å². The Morgan fingerprint density at radius 1 is 1.17 bits per heavy atom. The first-order valence-corrected chi connectivity index (χ1v) is 12.8. The Morgan fingerprint density at radius 3 is 2.61 bits per heavy atom. The van der Waals surface area contributed by atoms with E-state index in [0.717, 1.165) is 21.3 Å². The Labute approximate surface area is 218 Å². The van der Waals surface area contributed by atoms with Gasteiger partial charge in [-0.15, -0.1) is 0 Å². The summed E-state index contributed by atoms with van der Waals surface area (Å²) in [5, 5.41) is 6.58. The van der Waals surface area contributed by atoms with Crippen LogP contribution in [0.15, 0.2) is 42.5 Å². The topological polar surface area (TPSA) is 127 Å². The van der Waals surface area contributed by atoms with Crippen molar-refractivity contribution in [1.82, 2.24) is 15.2 Å². The lowest BCUT2D eigenvalue weighted by Gasteiger charge is -2.40. The van der Waals surface area contributed by atoms with E-state index in [1.165, 1.54) is 11.3 Å². The SMILES string of the molecule is Cc1cccc2sc(NC(=O)OCC3(C(=O)NCc4ccccc4Cl)CCN(C(=O)CN)CC3)nc12. The number of hydrogen-bond donors (Lipinski definition) is 3. The second-order valence-corrected chi connectivity index (χ2v) is 10.2. The van der Waals surface area contributed by atoms with Gasteiger partial charge in [-0.25, -0.2) is 9.78 Å². The Bertz CT molecular complexity index is 1270. The molecular formula is C25H28ClN5O4S. The standard InChI is InChI=1S/C25H28ClN5O4S/c1-16-5-4-8-19-21(16)29-23(36-19)30-24(34)35-15-25(9-11-31(12-10-25)20(32)13-27)22(33)28-14-17-6-2-3-7-18(17)26/h2-8H,9-15,27H2,1H3,(H,28,33)(H,29,30,34). The minimum absolute atomic E-state index is 0.0910. The van der Waals surface area contributed by atoms with Gasteiger partial charge in [-0.1, -0.05) is 53.3 Å². The zero-order chi connectivity index (χ0) is 25.7. The average Bonchev–Trinajstić information content (AvgIpc) is 3.30. The second-order valence-electron chi connectivity index (χ2n) is 8.78. The minimum Gasteiger partial charge on any atom is -0.448 e. The Balaban J connectivity index is 1.43. The molecule has 4 rings (SSSR count). The van der Waals surface area contributed by atoms with Crippen LogP contribution >= 0.6 is 22.9 Å². The molecule has 0 spiro atoms. The number of hydrogen-bond acceptors (Lipinski definition) is 7. The maximum Gasteiger partial charge on any atom is 0.413 e. The van der Waals surface area contributed by atoms with Gasteiger partial charge in [0.15, 0.2) is 5.13 Å². The monoisotopic (exact) mass is 529 g/mol. The van der Waals surface area contributed by atoms with Crippen molar-refractivity contribution in [3.8, 4) is 0 Å². The van der Waals surface area contributed by atoms with Gasteiger partial charge in [0.2, 0.25) is 11.8 Å². The van der Waals surface area contributed by atoms with E-state index >= 15 is 0 Å². The van der Waals surface area contributed by atoms with Gasteiger partial charge in [-0.2, -0.15) is 0 Å². The van der Waals surface area contributed by atoms with Crippen molar-refractivity contribution in [2.45, 2.75) is 26.3 Å². The highest BCUT2D eigenvalue weighted by Gasteiger charge is 2.43. The zero-order valence-corrected chi connectivity index (χ0v) is 21.5. The summed E-state index contributed by atoms with van der Waals surface area (Å²) in [5.41, 5.74) is 7.13. The molecule has 3 amide bonds. The summed E-state index contributed by atoms with van der Waals surface area (Å²) >= 11 is 7.58. The lowest BCUT2D eigenvalue weighted by molar-refractivity contribution is -0.142. The molecule has 1 saturated heterocycles. The number of nitrogens with one attached hydrogen (secondary N) is 2. The van der Waals surface area contributed by atoms with Crippen LogP contribution in [0, 0.1) is 12.3 Å². The predicted molar refractivity (Wildman–Crippen MR) is 140 cm³/mol. The van der Waals surface area contributed by atoms with Crippen molar-refractivity contribution in [3.63, 3.8) is 0 Å². The second kappa shape index (κ2) is 11.2. The number of amides is 3. The molecule has 0 unspecified atom stereocenters. The number of nitrogens with two attached hydrogens (primary N) is 1. The molecule has 0 aliphatic carbocycles. The molecule has 0 saturated carbocycles. The third kappa shape index (κ3) is 5.77. The first-order valence-electron chi connectivity index (χ1n) is 11.6. The van der Waals surface area contributed by atoms with Gasteiger partial charge in [0.25, 0.3) is 0 Å². The van der Waals surface area contributed by atoms with E-state index in [2.05, 4.69) is 15.6 Å². The highest BCUT2D eigenvalue weighted by molar-refractivity contribution is 7.22. The normalized spacial score (nSPS) is 14.9. The molecule has 1 aliphatic rings. The fourth-order valence-corrected chi connectivity index (χ4v) is 5.35. The predicted octanol–water partition coefficient (Wildman–Crippen LogP) is 3.69. The third-order valence-electron chi connectivity index (χ3n) is 6.44. The lowest BCUT2D eigenvalue weighted by Crippen LogP contribution is -2.53. The summed E-state index contributed by atoms with van der Waals surface area (Å²) in [6.07, 6.45) is -0.0213. The quantitative estimate of drug-likeness (QED) is 0.428. The van der Waals surface area contributed by atoms with Gasteiger partial charge >= 0.3 is 6.09 Å². The van der Waals surface area contributed by atoms with E-state index in [0.29, 0.717) is 36.1 Å². The smallest absolute Gasteiger partial charge is 0.413 e. The summed E-state index contributed by atoms with van der Waals surface area (Å²) in [6.45, 7) is 2.66. The number of para-hydroxylation sites is 1. The maximum absolute atomic E-state index is 13.4. The number of piperidine rings is 1. The number of thiazole rings is 1. The molecule has 9 nitrogen and oxygen atoms in total. The van der Waals surface area contributed by atoms with E-state index in [4.69, 9.17) is 22.1 Å². The first-order chi connectivity index (χ1) is 17.3. The summed E-state index contributed by atoms with van der Waals surface area (Å²) in [4.78, 5) is 44.1. The van der Waals surface area contributed by atoms with E-state index in [1.54, 1.807) is 11.0 Å². The number of benzene rings is 2. The summed E-state index contributed by atoms with van der Waals surface area (Å²) in [6, 6.07) is 13.1.